The molecular formula is C6H13BrClN. The van der Waals surface area contributed by atoms with Gasteiger partial charge in [-0.15, -0.1) is 12.4 Å². The minimum atomic E-state index is 0. The van der Waals surface area contributed by atoms with Crippen LogP contribution in [0.3, 0.4) is 0 Å². The van der Waals surface area contributed by atoms with E-state index < -0.39 is 0 Å². The van der Waals surface area contributed by atoms with Crippen molar-refractivity contribution in [2.45, 2.75) is 36.6 Å². The molecule has 9 heavy (non-hydrogen) atoms. The maximum atomic E-state index is 5.73. The molecule has 0 radical (unpaired) electrons. The van der Waals surface area contributed by atoms with Gasteiger partial charge in [0.25, 0.3) is 0 Å². The number of alkyl halides is 1. The third-order valence-corrected chi connectivity index (χ3v) is 2.87. The van der Waals surface area contributed by atoms with Crippen LogP contribution in [0.25, 0.3) is 0 Å². The third-order valence-electron chi connectivity index (χ3n) is 1.73. The highest BCUT2D eigenvalue weighted by Crippen LogP contribution is 2.22. The molecule has 0 bridgehead atoms. The van der Waals surface area contributed by atoms with Crippen molar-refractivity contribution < 1.29 is 0 Å². The van der Waals surface area contributed by atoms with Crippen molar-refractivity contribution in [1.82, 2.24) is 0 Å². The maximum absolute atomic E-state index is 5.73. The van der Waals surface area contributed by atoms with Crippen LogP contribution >= 0.6 is 28.3 Å². The van der Waals surface area contributed by atoms with E-state index in [-0.39, 0.29) is 12.4 Å². The SMILES string of the molecule is Cl.N[C@@H]1CCCC[C@H]1Br. The highest BCUT2D eigenvalue weighted by Gasteiger charge is 2.17. The summed E-state index contributed by atoms with van der Waals surface area (Å²) in [5.41, 5.74) is 5.73. The molecule has 0 spiro atoms. The van der Waals surface area contributed by atoms with E-state index in [9.17, 15) is 0 Å². The van der Waals surface area contributed by atoms with Gasteiger partial charge in [-0.25, -0.2) is 0 Å². The molecule has 0 heterocycles. The summed E-state index contributed by atoms with van der Waals surface area (Å²) in [7, 11) is 0. The topological polar surface area (TPSA) is 26.0 Å². The first-order chi connectivity index (χ1) is 3.80. The summed E-state index contributed by atoms with van der Waals surface area (Å²) in [5.74, 6) is 0. The van der Waals surface area contributed by atoms with E-state index in [1.807, 2.05) is 0 Å². The summed E-state index contributed by atoms with van der Waals surface area (Å²) >= 11 is 3.53. The highest BCUT2D eigenvalue weighted by atomic mass is 79.9. The van der Waals surface area contributed by atoms with Crippen LogP contribution in [0.5, 0.6) is 0 Å². The van der Waals surface area contributed by atoms with Gasteiger partial charge in [0.1, 0.15) is 0 Å². The van der Waals surface area contributed by atoms with Crippen LogP contribution in [0.1, 0.15) is 25.7 Å². The lowest BCUT2D eigenvalue weighted by molar-refractivity contribution is 0.458. The first kappa shape index (κ1) is 9.73. The molecule has 1 aliphatic rings. The number of rotatable bonds is 0. The second kappa shape index (κ2) is 4.53. The first-order valence-electron chi connectivity index (χ1n) is 3.20. The van der Waals surface area contributed by atoms with E-state index >= 15 is 0 Å². The lowest BCUT2D eigenvalue weighted by Gasteiger charge is -2.22. The van der Waals surface area contributed by atoms with Gasteiger partial charge >= 0.3 is 0 Å². The smallest absolute Gasteiger partial charge is 0.0297 e. The Hall–Kier alpha value is 0.730. The van der Waals surface area contributed by atoms with Gasteiger partial charge in [0.15, 0.2) is 0 Å². The standard InChI is InChI=1S/C6H12BrN.ClH/c7-5-3-1-2-4-6(5)8;/h5-6H,1-4,8H2;1H/t5-,6-;/m1./s1. The first-order valence-corrected chi connectivity index (χ1v) is 4.12. The number of nitrogens with two attached hydrogens (primary N) is 1. The summed E-state index contributed by atoms with van der Waals surface area (Å²) in [6.07, 6.45) is 5.14. The third kappa shape index (κ3) is 2.87. The van der Waals surface area contributed by atoms with E-state index in [4.69, 9.17) is 5.73 Å². The number of hydrogen-bond donors (Lipinski definition) is 1. The van der Waals surface area contributed by atoms with Crippen molar-refractivity contribution in [2.24, 2.45) is 5.73 Å². The van der Waals surface area contributed by atoms with Gasteiger partial charge in [0.05, 0.1) is 0 Å². The molecule has 1 rings (SSSR count). The lowest BCUT2D eigenvalue weighted by Crippen LogP contribution is -2.33. The minimum absolute atomic E-state index is 0. The largest absolute Gasteiger partial charge is 0.327 e. The summed E-state index contributed by atoms with van der Waals surface area (Å²) in [4.78, 5) is 0.594. The van der Waals surface area contributed by atoms with Gasteiger partial charge in [-0.3, -0.25) is 0 Å². The van der Waals surface area contributed by atoms with Crippen molar-refractivity contribution >= 4 is 28.3 Å². The second-order valence-corrected chi connectivity index (χ2v) is 3.64. The summed E-state index contributed by atoms with van der Waals surface area (Å²) in [6, 6.07) is 0.420. The summed E-state index contributed by atoms with van der Waals surface area (Å²) in [5, 5.41) is 0. The maximum Gasteiger partial charge on any atom is 0.0297 e. The quantitative estimate of drug-likeness (QED) is 0.614. The van der Waals surface area contributed by atoms with Crippen molar-refractivity contribution in [3.05, 3.63) is 0 Å². The Kier molecular flexibility index (Phi) is 4.90. The molecule has 1 saturated carbocycles. The molecule has 2 N–H and O–H groups in total. The fourth-order valence-corrected chi connectivity index (χ4v) is 1.70. The molecule has 0 aromatic rings. The predicted molar refractivity (Wildman–Crippen MR) is 46.4 cm³/mol. The van der Waals surface area contributed by atoms with E-state index in [2.05, 4.69) is 15.9 Å². The molecule has 0 amide bonds. The Morgan fingerprint density at radius 3 is 2.11 bits per heavy atom. The van der Waals surface area contributed by atoms with Crippen molar-refractivity contribution in [3.8, 4) is 0 Å². The van der Waals surface area contributed by atoms with Crippen LogP contribution in [0, 0.1) is 0 Å². The predicted octanol–water partition coefficient (Wildman–Crippen LogP) is 2.07. The molecule has 0 aromatic heterocycles. The van der Waals surface area contributed by atoms with Gasteiger partial charge in [0.2, 0.25) is 0 Å². The normalized spacial score (nSPS) is 35.3. The molecule has 1 fully saturated rings. The average Bonchev–Trinajstić information content (AvgIpc) is 1.77. The van der Waals surface area contributed by atoms with Crippen LogP contribution in [0.4, 0.5) is 0 Å². The molecule has 1 nitrogen and oxygen atoms in total. The van der Waals surface area contributed by atoms with Crippen LogP contribution in [-0.2, 0) is 0 Å². The molecule has 0 unspecified atom stereocenters. The Morgan fingerprint density at radius 2 is 1.78 bits per heavy atom. The van der Waals surface area contributed by atoms with Crippen molar-refractivity contribution in [1.29, 1.82) is 0 Å². The average molecular weight is 215 g/mol. The molecule has 2 atom stereocenters. The summed E-state index contributed by atoms with van der Waals surface area (Å²) < 4.78 is 0. The Balaban J connectivity index is 0.000000640. The Labute approximate surface area is 70.9 Å². The molecule has 0 aliphatic heterocycles. The minimum Gasteiger partial charge on any atom is -0.327 e. The number of halogens is 2. The van der Waals surface area contributed by atoms with E-state index in [1.165, 1.54) is 25.7 Å². The molecule has 1 aliphatic carbocycles. The molecule has 0 aromatic carbocycles. The molecule has 56 valence electrons. The van der Waals surface area contributed by atoms with Crippen LogP contribution in [-0.4, -0.2) is 10.9 Å². The monoisotopic (exact) mass is 213 g/mol. The van der Waals surface area contributed by atoms with Gasteiger partial charge in [-0.1, -0.05) is 28.8 Å². The Morgan fingerprint density at radius 1 is 1.22 bits per heavy atom. The molecule has 3 heteroatoms. The van der Waals surface area contributed by atoms with E-state index in [0.717, 1.165) is 0 Å². The van der Waals surface area contributed by atoms with E-state index in [0.29, 0.717) is 10.9 Å². The fraction of sp³-hybridized carbons (Fsp3) is 1.00. The van der Waals surface area contributed by atoms with Crippen LogP contribution in [0.2, 0.25) is 0 Å². The number of hydrogen-bond acceptors (Lipinski definition) is 1. The van der Waals surface area contributed by atoms with Gasteiger partial charge in [-0.05, 0) is 12.8 Å². The van der Waals surface area contributed by atoms with Crippen LogP contribution in [0.15, 0.2) is 0 Å². The van der Waals surface area contributed by atoms with E-state index in [1.54, 1.807) is 0 Å². The van der Waals surface area contributed by atoms with Gasteiger partial charge in [0, 0.05) is 10.9 Å². The molecular weight excluding hydrogens is 201 g/mol. The van der Waals surface area contributed by atoms with Gasteiger partial charge < -0.3 is 5.73 Å². The van der Waals surface area contributed by atoms with Crippen molar-refractivity contribution in [3.63, 3.8) is 0 Å². The fourth-order valence-electron chi connectivity index (χ4n) is 1.11. The zero-order valence-corrected chi connectivity index (χ0v) is 7.75. The van der Waals surface area contributed by atoms with Crippen molar-refractivity contribution in [2.75, 3.05) is 0 Å². The van der Waals surface area contributed by atoms with Crippen LogP contribution < -0.4 is 5.73 Å². The van der Waals surface area contributed by atoms with Gasteiger partial charge in [-0.2, -0.15) is 0 Å². The zero-order chi connectivity index (χ0) is 5.98. The molecule has 0 saturated heterocycles. The zero-order valence-electron chi connectivity index (χ0n) is 5.35. The second-order valence-electron chi connectivity index (χ2n) is 2.46. The Bertz CT molecular complexity index is 69.5. The summed E-state index contributed by atoms with van der Waals surface area (Å²) in [6.45, 7) is 0. The highest BCUT2D eigenvalue weighted by molar-refractivity contribution is 9.09. The lowest BCUT2D eigenvalue weighted by atomic mass is 9.96.